The third-order valence-corrected chi connectivity index (χ3v) is 2.52. The average molecular weight is 243 g/mol. The fourth-order valence-corrected chi connectivity index (χ4v) is 1.29. The van der Waals surface area contributed by atoms with Crippen LogP contribution in [0.2, 0.25) is 0 Å². The van der Waals surface area contributed by atoms with E-state index >= 15 is 0 Å². The molecule has 0 aliphatic carbocycles. The second kappa shape index (κ2) is 5.28. The molecule has 0 N–H and O–H groups in total. The molecule has 1 aromatic rings. The molecule has 0 aliphatic heterocycles. The van der Waals surface area contributed by atoms with Crippen molar-refractivity contribution in [1.29, 1.82) is 0 Å². The number of hydrogen-bond acceptors (Lipinski definition) is 1. The highest BCUT2D eigenvalue weighted by molar-refractivity contribution is 9.10. The summed E-state index contributed by atoms with van der Waals surface area (Å²) in [6.07, 6.45) is 1.16. The molecule has 0 saturated carbocycles. The molecule has 0 radical (unpaired) electrons. The summed E-state index contributed by atoms with van der Waals surface area (Å²) >= 11 is 3.41. The summed E-state index contributed by atoms with van der Waals surface area (Å²) in [4.78, 5) is 0. The maximum absolute atomic E-state index is 5.61. The molecular weight excluding hydrogens is 228 g/mol. The average Bonchev–Trinajstić information content (AvgIpc) is 2.14. The van der Waals surface area contributed by atoms with Gasteiger partial charge in [0.2, 0.25) is 0 Å². The SMILES string of the molecule is CC[C@H](C)COc1cccc(Br)c1. The Morgan fingerprint density at radius 1 is 1.46 bits per heavy atom. The van der Waals surface area contributed by atoms with Crippen molar-refractivity contribution in [2.45, 2.75) is 20.3 Å². The molecule has 0 bridgehead atoms. The Hall–Kier alpha value is -0.500. The van der Waals surface area contributed by atoms with Crippen molar-refractivity contribution in [2.24, 2.45) is 5.92 Å². The van der Waals surface area contributed by atoms with E-state index < -0.39 is 0 Å². The summed E-state index contributed by atoms with van der Waals surface area (Å²) < 4.78 is 6.67. The minimum absolute atomic E-state index is 0.624. The van der Waals surface area contributed by atoms with Crippen LogP contribution in [0.25, 0.3) is 0 Å². The standard InChI is InChI=1S/C11H15BrO/c1-3-9(2)8-13-11-6-4-5-10(12)7-11/h4-7,9H,3,8H2,1-2H3/t9-/m0/s1. The van der Waals surface area contributed by atoms with E-state index in [1.165, 1.54) is 0 Å². The molecule has 1 rings (SSSR count). The number of halogens is 1. The molecule has 0 heterocycles. The first kappa shape index (κ1) is 10.6. The maximum atomic E-state index is 5.61. The number of rotatable bonds is 4. The van der Waals surface area contributed by atoms with Crippen molar-refractivity contribution >= 4 is 15.9 Å². The molecule has 0 amide bonds. The summed E-state index contributed by atoms with van der Waals surface area (Å²) in [5.41, 5.74) is 0. The lowest BCUT2D eigenvalue weighted by Gasteiger charge is -2.10. The molecule has 0 fully saturated rings. The Morgan fingerprint density at radius 3 is 2.85 bits per heavy atom. The van der Waals surface area contributed by atoms with Crippen LogP contribution >= 0.6 is 15.9 Å². The smallest absolute Gasteiger partial charge is 0.120 e. The van der Waals surface area contributed by atoms with E-state index in [2.05, 4.69) is 29.8 Å². The van der Waals surface area contributed by atoms with Crippen molar-refractivity contribution < 1.29 is 4.74 Å². The highest BCUT2D eigenvalue weighted by Gasteiger charge is 1.99. The Labute approximate surface area is 88.2 Å². The minimum atomic E-state index is 0.624. The van der Waals surface area contributed by atoms with Crippen molar-refractivity contribution in [3.63, 3.8) is 0 Å². The molecule has 72 valence electrons. The molecule has 1 atom stereocenters. The van der Waals surface area contributed by atoms with Gasteiger partial charge < -0.3 is 4.74 Å². The van der Waals surface area contributed by atoms with Gasteiger partial charge in [-0.3, -0.25) is 0 Å². The molecule has 0 spiro atoms. The highest BCUT2D eigenvalue weighted by Crippen LogP contribution is 2.18. The van der Waals surface area contributed by atoms with Crippen LogP contribution in [0, 0.1) is 5.92 Å². The molecule has 1 aromatic carbocycles. The fraction of sp³-hybridized carbons (Fsp3) is 0.455. The predicted octanol–water partition coefficient (Wildman–Crippen LogP) is 3.87. The van der Waals surface area contributed by atoms with E-state index in [1.807, 2.05) is 24.3 Å². The molecule has 0 aliphatic rings. The van der Waals surface area contributed by atoms with Crippen molar-refractivity contribution in [2.75, 3.05) is 6.61 Å². The van der Waals surface area contributed by atoms with Crippen LogP contribution < -0.4 is 4.74 Å². The van der Waals surface area contributed by atoms with Gasteiger partial charge in [-0.15, -0.1) is 0 Å². The highest BCUT2D eigenvalue weighted by atomic mass is 79.9. The van der Waals surface area contributed by atoms with Gasteiger partial charge in [0.15, 0.2) is 0 Å². The van der Waals surface area contributed by atoms with E-state index in [9.17, 15) is 0 Å². The normalized spacial score (nSPS) is 12.5. The largest absolute Gasteiger partial charge is 0.493 e. The van der Waals surface area contributed by atoms with Crippen molar-refractivity contribution in [1.82, 2.24) is 0 Å². The third-order valence-electron chi connectivity index (χ3n) is 2.03. The van der Waals surface area contributed by atoms with Crippen molar-refractivity contribution in [3.8, 4) is 5.75 Å². The zero-order chi connectivity index (χ0) is 9.68. The van der Waals surface area contributed by atoms with E-state index in [1.54, 1.807) is 0 Å². The van der Waals surface area contributed by atoms with Crippen LogP contribution in [0.15, 0.2) is 28.7 Å². The Morgan fingerprint density at radius 2 is 2.23 bits per heavy atom. The first-order valence-corrected chi connectivity index (χ1v) is 5.40. The third kappa shape index (κ3) is 3.81. The molecular formula is C11H15BrO. The van der Waals surface area contributed by atoms with Crippen LogP contribution in [0.5, 0.6) is 5.75 Å². The van der Waals surface area contributed by atoms with Gasteiger partial charge in [0, 0.05) is 4.47 Å². The van der Waals surface area contributed by atoms with Gasteiger partial charge in [0.1, 0.15) is 5.75 Å². The van der Waals surface area contributed by atoms with Gasteiger partial charge in [-0.2, -0.15) is 0 Å². The van der Waals surface area contributed by atoms with E-state index in [4.69, 9.17) is 4.74 Å². The van der Waals surface area contributed by atoms with Crippen LogP contribution in [-0.4, -0.2) is 6.61 Å². The quantitative estimate of drug-likeness (QED) is 0.779. The Bertz CT molecular complexity index is 260. The van der Waals surface area contributed by atoms with Gasteiger partial charge in [-0.25, -0.2) is 0 Å². The second-order valence-electron chi connectivity index (χ2n) is 3.28. The van der Waals surface area contributed by atoms with Gasteiger partial charge in [0.05, 0.1) is 6.61 Å². The zero-order valence-corrected chi connectivity index (χ0v) is 9.67. The molecule has 13 heavy (non-hydrogen) atoms. The van der Waals surface area contributed by atoms with Crippen LogP contribution in [0.4, 0.5) is 0 Å². The van der Waals surface area contributed by atoms with Gasteiger partial charge in [0.25, 0.3) is 0 Å². The Balaban J connectivity index is 2.45. The number of benzene rings is 1. The fourth-order valence-electron chi connectivity index (χ4n) is 0.913. The maximum Gasteiger partial charge on any atom is 0.120 e. The lowest BCUT2D eigenvalue weighted by molar-refractivity contribution is 0.256. The number of ether oxygens (including phenoxy) is 1. The molecule has 1 nitrogen and oxygen atoms in total. The summed E-state index contributed by atoms with van der Waals surface area (Å²) in [6, 6.07) is 7.95. The summed E-state index contributed by atoms with van der Waals surface area (Å²) in [6.45, 7) is 5.17. The molecule has 0 unspecified atom stereocenters. The van der Waals surface area contributed by atoms with Gasteiger partial charge >= 0.3 is 0 Å². The Kier molecular flexibility index (Phi) is 4.29. The monoisotopic (exact) mass is 242 g/mol. The minimum Gasteiger partial charge on any atom is -0.493 e. The lowest BCUT2D eigenvalue weighted by Crippen LogP contribution is -2.06. The van der Waals surface area contributed by atoms with E-state index in [0.29, 0.717) is 5.92 Å². The molecule has 2 heteroatoms. The topological polar surface area (TPSA) is 9.23 Å². The van der Waals surface area contributed by atoms with Gasteiger partial charge in [-0.05, 0) is 24.1 Å². The molecule has 0 aromatic heterocycles. The van der Waals surface area contributed by atoms with Crippen molar-refractivity contribution in [3.05, 3.63) is 28.7 Å². The first-order valence-electron chi connectivity index (χ1n) is 4.60. The zero-order valence-electron chi connectivity index (χ0n) is 8.09. The van der Waals surface area contributed by atoms with Crippen LogP contribution in [-0.2, 0) is 0 Å². The summed E-state index contributed by atoms with van der Waals surface area (Å²) in [5.74, 6) is 1.56. The second-order valence-corrected chi connectivity index (χ2v) is 4.20. The lowest BCUT2D eigenvalue weighted by atomic mass is 10.1. The first-order chi connectivity index (χ1) is 6.22. The van der Waals surface area contributed by atoms with Gasteiger partial charge in [-0.1, -0.05) is 42.3 Å². The van der Waals surface area contributed by atoms with Crippen LogP contribution in [0.1, 0.15) is 20.3 Å². The van der Waals surface area contributed by atoms with Crippen LogP contribution in [0.3, 0.4) is 0 Å². The summed E-state index contributed by atoms with van der Waals surface area (Å²) in [5, 5.41) is 0. The predicted molar refractivity (Wildman–Crippen MR) is 59.1 cm³/mol. The van der Waals surface area contributed by atoms with E-state index in [-0.39, 0.29) is 0 Å². The number of hydrogen-bond donors (Lipinski definition) is 0. The molecule has 0 saturated heterocycles. The van der Waals surface area contributed by atoms with E-state index in [0.717, 1.165) is 23.2 Å². The summed E-state index contributed by atoms with van der Waals surface area (Å²) in [7, 11) is 0.